The molecule has 202 valence electrons. The number of carboxylic acids is 1. The highest BCUT2D eigenvalue weighted by molar-refractivity contribution is 6.05. The Morgan fingerprint density at radius 2 is 1.68 bits per heavy atom. The van der Waals surface area contributed by atoms with Crippen molar-refractivity contribution in [2.45, 2.75) is 51.6 Å². The van der Waals surface area contributed by atoms with Gasteiger partial charge in [0, 0.05) is 5.39 Å². The summed E-state index contributed by atoms with van der Waals surface area (Å²) in [5, 5.41) is 13.3. The van der Waals surface area contributed by atoms with Crippen molar-refractivity contribution in [3.8, 4) is 11.5 Å². The summed E-state index contributed by atoms with van der Waals surface area (Å²) in [6.07, 6.45) is -1.71. The lowest BCUT2D eigenvalue weighted by molar-refractivity contribution is -0.274. The standard InChI is InChI=1S/C28H27F4NO5/c1-16-2-6-19(7-3-16)24(27(35)36)33-26(34)22-13-9-18-8-10-20(29)14-23(18)25(22)37-15-17-4-11-21(12-5-17)38-28(30,31)32/h4-5,8-14,16,19,24H,2-3,6-7,15H2,1H3,(H,33,34)(H,35,36). The zero-order valence-corrected chi connectivity index (χ0v) is 20.6. The number of rotatable bonds is 8. The van der Waals surface area contributed by atoms with Crippen molar-refractivity contribution in [2.75, 3.05) is 0 Å². The molecule has 0 heterocycles. The molecule has 1 atom stereocenters. The van der Waals surface area contributed by atoms with Crippen LogP contribution in [0.1, 0.15) is 48.5 Å². The van der Waals surface area contributed by atoms with Crippen LogP contribution in [0.25, 0.3) is 10.8 Å². The summed E-state index contributed by atoms with van der Waals surface area (Å²) in [5.74, 6) is -2.44. The van der Waals surface area contributed by atoms with Gasteiger partial charge in [0.15, 0.2) is 0 Å². The molecule has 1 amide bonds. The van der Waals surface area contributed by atoms with Crippen LogP contribution in [0.2, 0.25) is 0 Å². The van der Waals surface area contributed by atoms with Crippen LogP contribution >= 0.6 is 0 Å². The molecule has 0 aliphatic heterocycles. The number of fused-ring (bicyclic) bond motifs is 1. The minimum Gasteiger partial charge on any atom is -0.487 e. The number of carbonyl (C=O) groups excluding carboxylic acids is 1. The lowest BCUT2D eigenvalue weighted by atomic mass is 9.79. The summed E-state index contributed by atoms with van der Waals surface area (Å²) in [4.78, 5) is 25.4. The van der Waals surface area contributed by atoms with Crippen LogP contribution in [0.5, 0.6) is 11.5 Å². The molecule has 0 aromatic heterocycles. The molecule has 1 aliphatic rings. The lowest BCUT2D eigenvalue weighted by Gasteiger charge is -2.31. The van der Waals surface area contributed by atoms with E-state index >= 15 is 0 Å². The molecule has 1 fully saturated rings. The van der Waals surface area contributed by atoms with Crippen molar-refractivity contribution in [1.29, 1.82) is 0 Å². The summed E-state index contributed by atoms with van der Waals surface area (Å²) in [6, 6.07) is 11.0. The van der Waals surface area contributed by atoms with E-state index in [1.165, 1.54) is 36.4 Å². The quantitative estimate of drug-likeness (QED) is 0.325. The molecule has 0 spiro atoms. The predicted molar refractivity (Wildman–Crippen MR) is 131 cm³/mol. The molecule has 0 radical (unpaired) electrons. The number of halogens is 4. The Morgan fingerprint density at radius 3 is 2.32 bits per heavy atom. The maximum atomic E-state index is 14.1. The van der Waals surface area contributed by atoms with Crippen LogP contribution in [-0.2, 0) is 11.4 Å². The van der Waals surface area contributed by atoms with E-state index in [0.717, 1.165) is 25.0 Å². The zero-order valence-electron chi connectivity index (χ0n) is 20.6. The highest BCUT2D eigenvalue weighted by Crippen LogP contribution is 2.34. The number of ether oxygens (including phenoxy) is 2. The predicted octanol–water partition coefficient (Wildman–Crippen LogP) is 6.47. The number of aliphatic carboxylic acids is 1. The van der Waals surface area contributed by atoms with Gasteiger partial charge in [-0.1, -0.05) is 44.0 Å². The van der Waals surface area contributed by atoms with Gasteiger partial charge in [0.05, 0.1) is 5.56 Å². The number of carbonyl (C=O) groups is 2. The van der Waals surface area contributed by atoms with Crippen molar-refractivity contribution in [3.05, 3.63) is 71.5 Å². The largest absolute Gasteiger partial charge is 0.573 e. The average Bonchev–Trinajstić information content (AvgIpc) is 2.86. The molecule has 10 heteroatoms. The first kappa shape index (κ1) is 27.2. The van der Waals surface area contributed by atoms with Crippen LogP contribution < -0.4 is 14.8 Å². The maximum absolute atomic E-state index is 14.1. The monoisotopic (exact) mass is 533 g/mol. The van der Waals surface area contributed by atoms with Gasteiger partial charge in [-0.15, -0.1) is 13.2 Å². The molecule has 0 bridgehead atoms. The molecule has 6 nitrogen and oxygen atoms in total. The third kappa shape index (κ3) is 6.73. The summed E-state index contributed by atoms with van der Waals surface area (Å²) < 4.78 is 61.2. The first-order chi connectivity index (χ1) is 18.0. The second kappa shape index (κ2) is 11.3. The Kier molecular flexibility index (Phi) is 8.08. The minimum absolute atomic E-state index is 0.0237. The van der Waals surface area contributed by atoms with E-state index in [0.29, 0.717) is 35.1 Å². The topological polar surface area (TPSA) is 84.9 Å². The van der Waals surface area contributed by atoms with Crippen molar-refractivity contribution in [3.63, 3.8) is 0 Å². The van der Waals surface area contributed by atoms with Gasteiger partial charge < -0.3 is 19.9 Å². The van der Waals surface area contributed by atoms with Gasteiger partial charge in [0.1, 0.15) is 30.0 Å². The van der Waals surface area contributed by atoms with Gasteiger partial charge in [-0.3, -0.25) is 4.79 Å². The van der Waals surface area contributed by atoms with E-state index in [1.54, 1.807) is 6.07 Å². The smallest absolute Gasteiger partial charge is 0.487 e. The number of hydrogen-bond donors (Lipinski definition) is 2. The fourth-order valence-corrected chi connectivity index (χ4v) is 4.76. The molecular formula is C28H27F4NO5. The van der Waals surface area contributed by atoms with Crippen molar-refractivity contribution >= 4 is 22.6 Å². The summed E-state index contributed by atoms with van der Waals surface area (Å²) >= 11 is 0. The normalized spacial score (nSPS) is 18.6. The van der Waals surface area contributed by atoms with E-state index in [9.17, 15) is 32.3 Å². The fourth-order valence-electron chi connectivity index (χ4n) is 4.76. The first-order valence-corrected chi connectivity index (χ1v) is 12.2. The number of alkyl halides is 3. The Labute approximate surface area is 216 Å². The highest BCUT2D eigenvalue weighted by atomic mass is 19.4. The molecule has 1 unspecified atom stereocenters. The Bertz CT molecular complexity index is 1300. The summed E-state index contributed by atoms with van der Waals surface area (Å²) in [7, 11) is 0. The van der Waals surface area contributed by atoms with E-state index < -0.39 is 35.8 Å². The van der Waals surface area contributed by atoms with Crippen LogP contribution in [0, 0.1) is 17.7 Å². The molecule has 0 saturated heterocycles. The van der Waals surface area contributed by atoms with Gasteiger partial charge >= 0.3 is 12.3 Å². The zero-order chi connectivity index (χ0) is 27.4. The molecular weight excluding hydrogens is 506 g/mol. The van der Waals surface area contributed by atoms with E-state index in [2.05, 4.69) is 17.0 Å². The van der Waals surface area contributed by atoms with Crippen LogP contribution in [-0.4, -0.2) is 29.4 Å². The van der Waals surface area contributed by atoms with Gasteiger partial charge in [-0.25, -0.2) is 9.18 Å². The first-order valence-electron chi connectivity index (χ1n) is 12.2. The van der Waals surface area contributed by atoms with Crippen LogP contribution in [0.3, 0.4) is 0 Å². The summed E-state index contributed by atoms with van der Waals surface area (Å²) in [6.45, 7) is 1.96. The highest BCUT2D eigenvalue weighted by Gasteiger charge is 2.33. The van der Waals surface area contributed by atoms with Crippen LogP contribution in [0.4, 0.5) is 17.6 Å². The number of benzene rings is 3. The molecule has 38 heavy (non-hydrogen) atoms. The van der Waals surface area contributed by atoms with E-state index in [-0.39, 0.29) is 23.8 Å². The van der Waals surface area contributed by atoms with Gasteiger partial charge in [-0.05, 0) is 66.0 Å². The third-order valence-electron chi connectivity index (χ3n) is 6.80. The molecule has 1 saturated carbocycles. The molecule has 2 N–H and O–H groups in total. The number of nitrogens with one attached hydrogen (secondary N) is 1. The molecule has 4 rings (SSSR count). The Hall–Kier alpha value is -3.82. The Morgan fingerprint density at radius 1 is 1.03 bits per heavy atom. The average molecular weight is 534 g/mol. The Balaban J connectivity index is 1.60. The van der Waals surface area contributed by atoms with E-state index in [1.807, 2.05) is 0 Å². The van der Waals surface area contributed by atoms with Gasteiger partial charge in [-0.2, -0.15) is 0 Å². The van der Waals surface area contributed by atoms with E-state index in [4.69, 9.17) is 4.74 Å². The van der Waals surface area contributed by atoms with Crippen molar-refractivity contribution in [1.82, 2.24) is 5.32 Å². The van der Waals surface area contributed by atoms with Gasteiger partial charge in [0.2, 0.25) is 0 Å². The SMILES string of the molecule is CC1CCC(C(NC(=O)c2ccc3ccc(F)cc3c2OCc2ccc(OC(F)(F)F)cc2)C(=O)O)CC1. The molecule has 3 aromatic rings. The number of carboxylic acid groups (broad SMARTS) is 1. The minimum atomic E-state index is -4.82. The second-order valence-corrected chi connectivity index (χ2v) is 9.60. The van der Waals surface area contributed by atoms with Crippen molar-refractivity contribution in [2.24, 2.45) is 11.8 Å². The molecule has 1 aliphatic carbocycles. The maximum Gasteiger partial charge on any atom is 0.573 e. The third-order valence-corrected chi connectivity index (χ3v) is 6.80. The van der Waals surface area contributed by atoms with Crippen LogP contribution in [0.15, 0.2) is 54.6 Å². The fraction of sp³-hybridized carbons (Fsp3) is 0.357. The van der Waals surface area contributed by atoms with Gasteiger partial charge in [0.25, 0.3) is 5.91 Å². The molecule has 3 aromatic carbocycles. The second-order valence-electron chi connectivity index (χ2n) is 9.60. The number of amides is 1. The lowest BCUT2D eigenvalue weighted by Crippen LogP contribution is -2.47. The van der Waals surface area contributed by atoms with Crippen molar-refractivity contribution < 1.29 is 41.7 Å². The summed E-state index contributed by atoms with van der Waals surface area (Å²) in [5.41, 5.74) is 0.495. The number of hydrogen-bond acceptors (Lipinski definition) is 4.